The Kier molecular flexibility index (Phi) is 4.85. The zero-order valence-electron chi connectivity index (χ0n) is 10.8. The van der Waals surface area contributed by atoms with Crippen LogP contribution in [0.5, 0.6) is 0 Å². The normalized spacial score (nSPS) is 28.4. The number of terminal acetylenes is 1. The van der Waals surface area contributed by atoms with E-state index in [1.165, 1.54) is 52.0 Å². The van der Waals surface area contributed by atoms with E-state index in [4.69, 9.17) is 12.2 Å². The van der Waals surface area contributed by atoms with E-state index in [-0.39, 0.29) is 0 Å². The van der Waals surface area contributed by atoms with Gasteiger partial charge in [0.2, 0.25) is 0 Å². The highest BCUT2D eigenvalue weighted by Crippen LogP contribution is 2.20. The van der Waals surface area contributed by atoms with Gasteiger partial charge in [0.15, 0.2) is 0 Å². The van der Waals surface area contributed by atoms with E-state index < -0.39 is 0 Å². The first-order valence-electron chi connectivity index (χ1n) is 6.95. The van der Waals surface area contributed by atoms with Crippen LogP contribution in [0.4, 0.5) is 0 Å². The third kappa shape index (κ3) is 3.70. The minimum absolute atomic E-state index is 0.444. The van der Waals surface area contributed by atoms with Crippen LogP contribution in [-0.4, -0.2) is 54.6 Å². The lowest BCUT2D eigenvalue weighted by Crippen LogP contribution is -2.46. The molecule has 96 valence electrons. The van der Waals surface area contributed by atoms with Crippen LogP contribution in [0.1, 0.15) is 32.1 Å². The van der Waals surface area contributed by atoms with Crippen LogP contribution in [-0.2, 0) is 0 Å². The molecule has 0 radical (unpaired) electrons. The molecule has 3 heteroatoms. The molecule has 1 atom stereocenters. The number of hydrogen-bond acceptors (Lipinski definition) is 3. The maximum Gasteiger partial charge on any atom is 0.0235 e. The van der Waals surface area contributed by atoms with E-state index in [2.05, 4.69) is 15.7 Å². The highest BCUT2D eigenvalue weighted by atomic mass is 15.3. The second kappa shape index (κ2) is 6.39. The van der Waals surface area contributed by atoms with Gasteiger partial charge >= 0.3 is 0 Å². The molecule has 17 heavy (non-hydrogen) atoms. The summed E-state index contributed by atoms with van der Waals surface area (Å²) in [6, 6.07) is 1.22. The number of piperidine rings is 1. The first-order chi connectivity index (χ1) is 8.29. The molecule has 0 aromatic rings. The molecule has 2 aliphatic heterocycles. The van der Waals surface area contributed by atoms with Crippen LogP contribution in [0.25, 0.3) is 0 Å². The van der Waals surface area contributed by atoms with Crippen LogP contribution in [0, 0.1) is 12.3 Å². The van der Waals surface area contributed by atoms with E-state index in [1.807, 2.05) is 0 Å². The van der Waals surface area contributed by atoms with Crippen LogP contribution >= 0.6 is 0 Å². The molecule has 0 aromatic carbocycles. The Labute approximate surface area is 105 Å². The van der Waals surface area contributed by atoms with E-state index >= 15 is 0 Å². The van der Waals surface area contributed by atoms with E-state index in [1.54, 1.807) is 0 Å². The van der Waals surface area contributed by atoms with Crippen LogP contribution in [0.3, 0.4) is 0 Å². The monoisotopic (exact) mass is 235 g/mol. The minimum atomic E-state index is 0.444. The number of rotatable bonds is 4. The summed E-state index contributed by atoms with van der Waals surface area (Å²) in [5, 5.41) is 0. The van der Waals surface area contributed by atoms with Gasteiger partial charge in [-0.3, -0.25) is 4.90 Å². The molecule has 0 amide bonds. The summed E-state index contributed by atoms with van der Waals surface area (Å²) in [6.07, 6.45) is 11.0. The predicted molar refractivity (Wildman–Crippen MR) is 71.7 cm³/mol. The quantitative estimate of drug-likeness (QED) is 0.580. The predicted octanol–water partition coefficient (Wildman–Crippen LogP) is 0.897. The average Bonchev–Trinajstić information content (AvgIpc) is 2.79. The summed E-state index contributed by atoms with van der Waals surface area (Å²) in [5.41, 5.74) is 5.95. The second-order valence-corrected chi connectivity index (χ2v) is 5.42. The first kappa shape index (κ1) is 12.9. The molecule has 0 spiro atoms. The molecule has 0 bridgehead atoms. The van der Waals surface area contributed by atoms with Crippen molar-refractivity contribution in [2.24, 2.45) is 5.73 Å². The third-order valence-corrected chi connectivity index (χ3v) is 4.13. The lowest BCUT2D eigenvalue weighted by molar-refractivity contribution is 0.152. The van der Waals surface area contributed by atoms with Gasteiger partial charge in [0.1, 0.15) is 0 Å². The van der Waals surface area contributed by atoms with E-state index in [9.17, 15) is 0 Å². The highest BCUT2D eigenvalue weighted by Gasteiger charge is 2.29. The van der Waals surface area contributed by atoms with Crippen molar-refractivity contribution in [3.8, 4) is 12.3 Å². The van der Waals surface area contributed by atoms with Crippen LogP contribution < -0.4 is 5.73 Å². The Hall–Kier alpha value is -0.560. The standard InChI is InChI=1S/C14H25N3/c1-2-3-4-8-16-9-7-14(12-16)17-10-5-13(15)6-11-17/h1,13-14H,3-12,15H2. The fourth-order valence-corrected chi connectivity index (χ4v) is 3.00. The molecule has 2 aliphatic rings. The molecular formula is C14H25N3. The second-order valence-electron chi connectivity index (χ2n) is 5.42. The van der Waals surface area contributed by atoms with Gasteiger partial charge in [0.25, 0.3) is 0 Å². The molecule has 2 saturated heterocycles. The molecule has 2 heterocycles. The Morgan fingerprint density at radius 3 is 2.65 bits per heavy atom. The Bertz CT molecular complexity index is 263. The van der Waals surface area contributed by atoms with Crippen molar-refractivity contribution in [3.05, 3.63) is 0 Å². The fraction of sp³-hybridized carbons (Fsp3) is 0.857. The summed E-state index contributed by atoms with van der Waals surface area (Å²) < 4.78 is 0. The molecule has 0 aliphatic carbocycles. The summed E-state index contributed by atoms with van der Waals surface area (Å²) in [4.78, 5) is 5.21. The molecular weight excluding hydrogens is 210 g/mol. The first-order valence-corrected chi connectivity index (χ1v) is 6.95. The third-order valence-electron chi connectivity index (χ3n) is 4.13. The Morgan fingerprint density at radius 2 is 1.94 bits per heavy atom. The van der Waals surface area contributed by atoms with Gasteiger partial charge in [-0.25, -0.2) is 0 Å². The molecule has 2 fully saturated rings. The molecule has 1 unspecified atom stereocenters. The smallest absolute Gasteiger partial charge is 0.0235 e. The number of likely N-dealkylation sites (tertiary alicyclic amines) is 2. The Balaban J connectivity index is 1.69. The van der Waals surface area contributed by atoms with Crippen molar-refractivity contribution >= 4 is 0 Å². The largest absolute Gasteiger partial charge is 0.328 e. The van der Waals surface area contributed by atoms with Gasteiger partial charge in [-0.15, -0.1) is 12.3 Å². The number of nitrogens with two attached hydrogens (primary N) is 1. The highest BCUT2D eigenvalue weighted by molar-refractivity contribution is 4.88. The number of hydrogen-bond donors (Lipinski definition) is 1. The lowest BCUT2D eigenvalue weighted by atomic mass is 10.0. The molecule has 0 aromatic heterocycles. The van der Waals surface area contributed by atoms with Crippen molar-refractivity contribution in [1.29, 1.82) is 0 Å². The maximum atomic E-state index is 5.95. The summed E-state index contributed by atoms with van der Waals surface area (Å²) in [6.45, 7) is 6.06. The molecule has 2 rings (SSSR count). The van der Waals surface area contributed by atoms with Crippen molar-refractivity contribution < 1.29 is 0 Å². The van der Waals surface area contributed by atoms with Gasteiger partial charge < -0.3 is 10.6 Å². The minimum Gasteiger partial charge on any atom is -0.328 e. The average molecular weight is 235 g/mol. The summed E-state index contributed by atoms with van der Waals surface area (Å²) >= 11 is 0. The van der Waals surface area contributed by atoms with Crippen molar-refractivity contribution in [3.63, 3.8) is 0 Å². The maximum absolute atomic E-state index is 5.95. The van der Waals surface area contributed by atoms with Crippen molar-refractivity contribution in [2.45, 2.75) is 44.2 Å². The van der Waals surface area contributed by atoms with Gasteiger partial charge in [-0.1, -0.05) is 0 Å². The van der Waals surface area contributed by atoms with E-state index in [0.717, 1.165) is 18.9 Å². The molecule has 0 saturated carbocycles. The summed E-state index contributed by atoms with van der Waals surface area (Å²) in [7, 11) is 0. The van der Waals surface area contributed by atoms with Gasteiger partial charge in [0.05, 0.1) is 0 Å². The SMILES string of the molecule is C#CCCCN1CCC(N2CCC(N)CC2)C1. The zero-order chi connectivity index (χ0) is 12.1. The zero-order valence-corrected chi connectivity index (χ0v) is 10.8. The van der Waals surface area contributed by atoms with Gasteiger partial charge in [0, 0.05) is 25.0 Å². The van der Waals surface area contributed by atoms with Crippen LogP contribution in [0.15, 0.2) is 0 Å². The lowest BCUT2D eigenvalue weighted by Gasteiger charge is -2.34. The molecule has 2 N–H and O–H groups in total. The topological polar surface area (TPSA) is 32.5 Å². The van der Waals surface area contributed by atoms with Crippen molar-refractivity contribution in [1.82, 2.24) is 9.80 Å². The van der Waals surface area contributed by atoms with Crippen molar-refractivity contribution in [2.75, 3.05) is 32.7 Å². The fourth-order valence-electron chi connectivity index (χ4n) is 3.00. The molecule has 3 nitrogen and oxygen atoms in total. The number of unbranched alkanes of at least 4 members (excludes halogenated alkanes) is 1. The number of nitrogens with zero attached hydrogens (tertiary/aromatic N) is 2. The van der Waals surface area contributed by atoms with Gasteiger partial charge in [-0.2, -0.15) is 0 Å². The van der Waals surface area contributed by atoms with E-state index in [0.29, 0.717) is 6.04 Å². The van der Waals surface area contributed by atoms with Crippen LogP contribution in [0.2, 0.25) is 0 Å². The summed E-state index contributed by atoms with van der Waals surface area (Å²) in [5.74, 6) is 2.72. The Morgan fingerprint density at radius 1 is 1.18 bits per heavy atom. The van der Waals surface area contributed by atoms with Gasteiger partial charge in [-0.05, 0) is 51.9 Å².